The zero-order valence-corrected chi connectivity index (χ0v) is 37.0. The van der Waals surface area contributed by atoms with Crippen molar-refractivity contribution in [3.63, 3.8) is 0 Å². The van der Waals surface area contributed by atoms with E-state index in [0.717, 1.165) is 4.90 Å². The molecule has 1 unspecified atom stereocenters. The van der Waals surface area contributed by atoms with Crippen LogP contribution in [-0.4, -0.2) is 152 Å². The molecule has 1 aliphatic heterocycles. The molecule has 63 heavy (non-hydrogen) atoms. The second-order valence-electron chi connectivity index (χ2n) is 17.8. The Kier molecular flexibility index (Phi) is 21.7. The van der Waals surface area contributed by atoms with Gasteiger partial charge in [-0.15, -0.1) is 0 Å². The minimum atomic E-state index is -2.18. The Morgan fingerprint density at radius 2 is 1.11 bits per heavy atom. The number of aliphatic carboxylic acids is 4. The number of carbonyl (C=O) groups is 11. The van der Waals surface area contributed by atoms with E-state index in [2.05, 4.69) is 31.9 Å². The zero-order valence-electron chi connectivity index (χ0n) is 37.0. The summed E-state index contributed by atoms with van der Waals surface area (Å²) in [5.74, 6) is -13.3. The minimum Gasteiger partial charge on any atom is -0.481 e. The molecule has 0 bridgehead atoms. The highest BCUT2D eigenvalue weighted by Gasteiger charge is 2.45. The van der Waals surface area contributed by atoms with E-state index in [0.29, 0.717) is 6.42 Å². The van der Waals surface area contributed by atoms with Crippen LogP contribution in [0.5, 0.6) is 0 Å². The van der Waals surface area contributed by atoms with Crippen molar-refractivity contribution in [3.05, 3.63) is 0 Å². The number of likely N-dealkylation sites (tertiary alicyclic amines) is 1. The first-order valence-corrected chi connectivity index (χ1v) is 20.4. The van der Waals surface area contributed by atoms with Gasteiger partial charge in [-0.2, -0.15) is 0 Å². The van der Waals surface area contributed by atoms with Crippen molar-refractivity contribution in [1.82, 2.24) is 42.1 Å². The third-order valence-electron chi connectivity index (χ3n) is 9.25. The number of imide groups is 1. The SMILES string of the molecule is CC(C)N[C@@H](CCC(=O)O)C(=O)N[C@@H](NC(=O)[C@H](CCC(=O)O)NC(=O)[C@H](CNC(=O)[C@H](CN)N1C(=O)CC(CC(C)(C)C)C1=O)NC(=O)[C@H](CCC(=O)O)NC(C)(C)C)C(=O)O. The van der Waals surface area contributed by atoms with Crippen LogP contribution in [0.15, 0.2) is 0 Å². The maximum atomic E-state index is 14.0. The molecule has 1 saturated heterocycles. The summed E-state index contributed by atoms with van der Waals surface area (Å²) in [6.07, 6.45) is -4.99. The summed E-state index contributed by atoms with van der Waals surface area (Å²) in [5.41, 5.74) is 4.74. The molecule has 24 nitrogen and oxygen atoms in total. The van der Waals surface area contributed by atoms with Gasteiger partial charge >= 0.3 is 23.9 Å². The quantitative estimate of drug-likeness (QED) is 0.0301. The number of rotatable bonds is 27. The van der Waals surface area contributed by atoms with Gasteiger partial charge in [0.05, 0.1) is 12.1 Å². The Morgan fingerprint density at radius 1 is 0.667 bits per heavy atom. The molecule has 1 fully saturated rings. The summed E-state index contributed by atoms with van der Waals surface area (Å²) in [6, 6.07) is -8.09. The predicted octanol–water partition coefficient (Wildman–Crippen LogP) is -2.43. The van der Waals surface area contributed by atoms with Crippen molar-refractivity contribution in [3.8, 4) is 0 Å². The Morgan fingerprint density at radius 3 is 1.56 bits per heavy atom. The van der Waals surface area contributed by atoms with Gasteiger partial charge in [0.15, 0.2) is 0 Å². The number of carboxylic acids is 4. The molecule has 0 aromatic rings. The minimum absolute atomic E-state index is 0.175. The van der Waals surface area contributed by atoms with Gasteiger partial charge in [0, 0.05) is 56.3 Å². The highest BCUT2D eigenvalue weighted by Crippen LogP contribution is 2.32. The maximum Gasteiger partial charge on any atom is 0.347 e. The lowest BCUT2D eigenvalue weighted by molar-refractivity contribution is -0.147. The second kappa shape index (κ2) is 24.8. The van der Waals surface area contributed by atoms with Crippen LogP contribution < -0.4 is 43.0 Å². The van der Waals surface area contributed by atoms with E-state index < -0.39 is 152 Å². The first-order chi connectivity index (χ1) is 29.0. The smallest absolute Gasteiger partial charge is 0.347 e. The average Bonchev–Trinajstić information content (AvgIpc) is 3.40. The highest BCUT2D eigenvalue weighted by molar-refractivity contribution is 6.07. The number of hydrogen-bond donors (Lipinski definition) is 12. The number of carbonyl (C=O) groups excluding carboxylic acids is 7. The highest BCUT2D eigenvalue weighted by atomic mass is 16.4. The fourth-order valence-corrected chi connectivity index (χ4v) is 6.55. The van der Waals surface area contributed by atoms with E-state index in [1.165, 1.54) is 0 Å². The van der Waals surface area contributed by atoms with Gasteiger partial charge in [-0.25, -0.2) is 4.79 Å². The molecule has 0 aromatic carbocycles. The summed E-state index contributed by atoms with van der Waals surface area (Å²) in [5, 5.41) is 54.6. The Hall–Kier alpha value is -5.75. The van der Waals surface area contributed by atoms with E-state index in [-0.39, 0.29) is 30.7 Å². The number of amides is 7. The first kappa shape index (κ1) is 55.3. The maximum absolute atomic E-state index is 14.0. The van der Waals surface area contributed by atoms with E-state index in [1.54, 1.807) is 34.6 Å². The summed E-state index contributed by atoms with van der Waals surface area (Å²) < 4.78 is 0. The van der Waals surface area contributed by atoms with E-state index >= 15 is 0 Å². The third kappa shape index (κ3) is 20.3. The molecule has 7 atom stereocenters. The van der Waals surface area contributed by atoms with E-state index in [1.807, 2.05) is 26.1 Å². The molecule has 1 aliphatic rings. The normalized spacial score (nSPS) is 17.1. The molecule has 0 saturated carbocycles. The van der Waals surface area contributed by atoms with Gasteiger partial charge in [-0.05, 0) is 51.9 Å². The van der Waals surface area contributed by atoms with Gasteiger partial charge in [-0.1, -0.05) is 34.6 Å². The molecule has 356 valence electrons. The van der Waals surface area contributed by atoms with E-state index in [9.17, 15) is 68.1 Å². The van der Waals surface area contributed by atoms with Crippen molar-refractivity contribution in [2.75, 3.05) is 13.1 Å². The molecule has 7 amide bonds. The largest absolute Gasteiger partial charge is 0.481 e. The molecule has 0 spiro atoms. The third-order valence-corrected chi connectivity index (χ3v) is 9.25. The molecule has 0 aliphatic carbocycles. The van der Waals surface area contributed by atoms with Crippen LogP contribution in [0.4, 0.5) is 0 Å². The van der Waals surface area contributed by atoms with Crippen LogP contribution in [0.25, 0.3) is 0 Å². The van der Waals surface area contributed by atoms with Crippen LogP contribution in [-0.2, 0) is 52.7 Å². The lowest BCUT2D eigenvalue weighted by Gasteiger charge is -2.30. The standard InChI is InChI=1S/C39H65N9O15/c1-19(2)42-21(9-12-27(50)51)31(56)45-30(37(62)63)46-32(57)22(10-13-28(52)53)43-34(59)24(44-33(58)23(11-14-29(54)55)47-39(6,7)8)18-41-35(60)25(17-40)48-26(49)15-20(36(48)61)16-38(3,4)5/h19-25,30,42,47H,9-18,40H2,1-8H3,(H,41,60)(H,43,59)(H,44,58)(H,45,56)(H,46,57)(H,50,51)(H,52,53)(H,54,55)(H,62,63)/t20?,21-,22-,23-,24-,25-,30-/m0/s1. The second-order valence-corrected chi connectivity index (χ2v) is 17.8. The first-order valence-electron chi connectivity index (χ1n) is 20.4. The van der Waals surface area contributed by atoms with Gasteiger partial charge in [0.25, 0.3) is 0 Å². The molecular formula is C39H65N9O15. The fraction of sp³-hybridized carbons (Fsp3) is 0.718. The monoisotopic (exact) mass is 899 g/mol. The summed E-state index contributed by atoms with van der Waals surface area (Å²) in [4.78, 5) is 141. The molecule has 1 heterocycles. The number of nitrogens with one attached hydrogen (secondary N) is 7. The van der Waals surface area contributed by atoms with Crippen LogP contribution in [0, 0.1) is 11.3 Å². The summed E-state index contributed by atoms with van der Waals surface area (Å²) in [6.45, 7) is 12.6. The van der Waals surface area contributed by atoms with Gasteiger partial charge in [0.2, 0.25) is 47.5 Å². The van der Waals surface area contributed by atoms with E-state index in [4.69, 9.17) is 10.8 Å². The number of hydrogen-bond acceptors (Lipinski definition) is 14. The van der Waals surface area contributed by atoms with Crippen LogP contribution >= 0.6 is 0 Å². The number of nitrogens with zero attached hydrogens (tertiary/aromatic N) is 1. The van der Waals surface area contributed by atoms with Crippen LogP contribution in [0.2, 0.25) is 0 Å². The lowest BCUT2D eigenvalue weighted by atomic mass is 9.84. The van der Waals surface area contributed by atoms with Gasteiger partial charge in [0.1, 0.15) is 18.1 Å². The lowest BCUT2D eigenvalue weighted by Crippen LogP contribution is -2.63. The Balaban J connectivity index is 3.55. The number of nitrogens with two attached hydrogens (primary N) is 1. The molecule has 0 aromatic heterocycles. The van der Waals surface area contributed by atoms with Crippen molar-refractivity contribution >= 4 is 65.2 Å². The van der Waals surface area contributed by atoms with Crippen molar-refractivity contribution in [2.45, 2.75) is 155 Å². The molecule has 0 radical (unpaired) electrons. The van der Waals surface area contributed by atoms with Crippen LogP contribution in [0.1, 0.15) is 107 Å². The van der Waals surface area contributed by atoms with Crippen molar-refractivity contribution < 1.29 is 73.2 Å². The van der Waals surface area contributed by atoms with Gasteiger partial charge < -0.3 is 63.4 Å². The molecule has 13 N–H and O–H groups in total. The summed E-state index contributed by atoms with van der Waals surface area (Å²) in [7, 11) is 0. The van der Waals surface area contributed by atoms with Crippen molar-refractivity contribution in [2.24, 2.45) is 17.1 Å². The zero-order chi connectivity index (χ0) is 48.6. The fourth-order valence-electron chi connectivity index (χ4n) is 6.55. The average molecular weight is 900 g/mol. The summed E-state index contributed by atoms with van der Waals surface area (Å²) >= 11 is 0. The van der Waals surface area contributed by atoms with Crippen molar-refractivity contribution in [1.29, 1.82) is 0 Å². The predicted molar refractivity (Wildman–Crippen MR) is 221 cm³/mol. The molecule has 1 rings (SSSR count). The van der Waals surface area contributed by atoms with Crippen LogP contribution in [0.3, 0.4) is 0 Å². The topological polar surface area (TPSA) is 382 Å². The molecule has 24 heteroatoms. The molecular weight excluding hydrogens is 834 g/mol. The Labute approximate surface area is 365 Å². The Bertz CT molecular complexity index is 1710. The van der Waals surface area contributed by atoms with Gasteiger partial charge in [-0.3, -0.25) is 52.8 Å². The number of carboxylic acid groups (broad SMARTS) is 4.